The topological polar surface area (TPSA) is 35.5 Å². The van der Waals surface area contributed by atoms with Gasteiger partial charge in [-0.15, -0.1) is 0 Å². The van der Waals surface area contributed by atoms with E-state index in [4.69, 9.17) is 8.85 Å². The van der Waals surface area contributed by atoms with Gasteiger partial charge in [0.1, 0.15) is 6.29 Å². The molecule has 3 nitrogen and oxygen atoms in total. The first-order chi connectivity index (χ1) is 12.2. The molecule has 0 amide bonds. The van der Waals surface area contributed by atoms with E-state index in [1.165, 1.54) is 0 Å². The van der Waals surface area contributed by atoms with E-state index in [9.17, 15) is 4.79 Å². The monoisotopic (exact) mass is 416 g/mol. The van der Waals surface area contributed by atoms with Crippen LogP contribution in [0.4, 0.5) is 0 Å². The molecule has 0 aromatic rings. The van der Waals surface area contributed by atoms with Gasteiger partial charge < -0.3 is 13.6 Å². The van der Waals surface area contributed by atoms with Gasteiger partial charge in [-0.3, -0.25) is 0 Å². The van der Waals surface area contributed by atoms with E-state index < -0.39 is 16.6 Å². The first-order valence-electron chi connectivity index (χ1n) is 11.0. The SMILES string of the molecule is CCC[C@@H](O[Si](C(C)C)(C(C)C)C(C)C)[C@H](C)[C@H](O[Si](C)(C)C)[C@H](C)C=O. The number of carbonyl (C=O) groups excluding carboxylic acids is 1. The van der Waals surface area contributed by atoms with Crippen molar-refractivity contribution in [3.05, 3.63) is 0 Å². The van der Waals surface area contributed by atoms with Gasteiger partial charge in [-0.2, -0.15) is 0 Å². The molecule has 5 heteroatoms. The Morgan fingerprint density at radius 3 is 1.56 bits per heavy atom. The minimum absolute atomic E-state index is 0.0658. The summed E-state index contributed by atoms with van der Waals surface area (Å²) in [7, 11) is -3.73. The summed E-state index contributed by atoms with van der Waals surface area (Å²) in [4.78, 5) is 11.6. The van der Waals surface area contributed by atoms with Gasteiger partial charge in [0.25, 0.3) is 0 Å². The Labute approximate surface area is 172 Å². The third-order valence-electron chi connectivity index (χ3n) is 5.96. The zero-order valence-corrected chi connectivity index (χ0v) is 22.3. The van der Waals surface area contributed by atoms with Crippen molar-refractivity contribution in [3.8, 4) is 0 Å². The second-order valence-corrected chi connectivity index (χ2v) is 20.2. The van der Waals surface area contributed by atoms with Crippen molar-refractivity contribution in [2.24, 2.45) is 11.8 Å². The highest BCUT2D eigenvalue weighted by Gasteiger charge is 2.48. The highest BCUT2D eigenvalue weighted by Crippen LogP contribution is 2.44. The van der Waals surface area contributed by atoms with Crippen molar-refractivity contribution < 1.29 is 13.6 Å². The van der Waals surface area contributed by atoms with Crippen molar-refractivity contribution in [1.82, 2.24) is 0 Å². The average Bonchev–Trinajstić information content (AvgIpc) is 2.53. The Balaban J connectivity index is 5.92. The van der Waals surface area contributed by atoms with Crippen LogP contribution in [0, 0.1) is 11.8 Å². The predicted octanol–water partition coefficient (Wildman–Crippen LogP) is 7.04. The van der Waals surface area contributed by atoms with E-state index >= 15 is 0 Å². The highest BCUT2D eigenvalue weighted by atomic mass is 28.4. The lowest BCUT2D eigenvalue weighted by atomic mass is 9.88. The van der Waals surface area contributed by atoms with Crippen molar-refractivity contribution in [3.63, 3.8) is 0 Å². The summed E-state index contributed by atoms with van der Waals surface area (Å²) in [5.74, 6) is 0.0999. The maximum absolute atomic E-state index is 11.6. The molecule has 0 heterocycles. The minimum atomic E-state index is -1.97. The van der Waals surface area contributed by atoms with Crippen LogP contribution in [0.25, 0.3) is 0 Å². The molecular formula is C22H48O3Si2. The Morgan fingerprint density at radius 2 is 1.26 bits per heavy atom. The fourth-order valence-corrected chi connectivity index (χ4v) is 11.7. The van der Waals surface area contributed by atoms with Gasteiger partial charge in [-0.1, -0.05) is 68.7 Å². The molecule has 0 aromatic heterocycles. The molecule has 0 N–H and O–H groups in total. The molecular weight excluding hydrogens is 368 g/mol. The molecule has 0 saturated carbocycles. The van der Waals surface area contributed by atoms with E-state index in [1.54, 1.807) is 0 Å². The molecule has 0 spiro atoms. The summed E-state index contributed by atoms with van der Waals surface area (Å²) >= 11 is 0. The molecule has 4 atom stereocenters. The number of aldehydes is 1. The zero-order valence-electron chi connectivity index (χ0n) is 20.3. The Kier molecular flexibility index (Phi) is 11.3. The van der Waals surface area contributed by atoms with E-state index in [0.717, 1.165) is 19.1 Å². The highest BCUT2D eigenvalue weighted by molar-refractivity contribution is 6.77. The number of carbonyl (C=O) groups is 1. The summed E-state index contributed by atoms with van der Waals surface area (Å²) < 4.78 is 13.7. The van der Waals surface area contributed by atoms with Gasteiger partial charge >= 0.3 is 0 Å². The fraction of sp³-hybridized carbons (Fsp3) is 0.955. The molecule has 0 unspecified atom stereocenters. The van der Waals surface area contributed by atoms with Gasteiger partial charge in [0.05, 0.1) is 12.2 Å². The largest absolute Gasteiger partial charge is 0.414 e. The molecule has 27 heavy (non-hydrogen) atoms. The van der Waals surface area contributed by atoms with E-state index in [-0.39, 0.29) is 24.0 Å². The van der Waals surface area contributed by atoms with Crippen LogP contribution in [-0.4, -0.2) is 35.1 Å². The Hall–Kier alpha value is 0.0238. The molecule has 0 radical (unpaired) electrons. The molecule has 0 aromatic carbocycles. The molecule has 0 aliphatic carbocycles. The fourth-order valence-electron chi connectivity index (χ4n) is 4.77. The maximum Gasteiger partial charge on any atom is 0.200 e. The number of hydrogen-bond acceptors (Lipinski definition) is 3. The predicted molar refractivity (Wildman–Crippen MR) is 123 cm³/mol. The molecule has 0 rings (SSSR count). The van der Waals surface area contributed by atoms with Crippen LogP contribution in [0.1, 0.15) is 75.2 Å². The average molecular weight is 417 g/mol. The van der Waals surface area contributed by atoms with Crippen molar-refractivity contribution in [1.29, 1.82) is 0 Å². The third kappa shape index (κ3) is 7.41. The summed E-state index contributed by atoms with van der Waals surface area (Å²) in [6, 6.07) is 0. The molecule has 0 aliphatic heterocycles. The molecule has 0 saturated heterocycles. The van der Waals surface area contributed by atoms with Gasteiger partial charge in [-0.25, -0.2) is 0 Å². The van der Waals surface area contributed by atoms with Gasteiger partial charge in [-0.05, 0) is 42.7 Å². The van der Waals surface area contributed by atoms with Crippen molar-refractivity contribution >= 4 is 22.9 Å². The van der Waals surface area contributed by atoms with Crippen LogP contribution in [0.3, 0.4) is 0 Å². The molecule has 162 valence electrons. The Bertz CT molecular complexity index is 408. The summed E-state index contributed by atoms with van der Waals surface area (Å²) in [5.41, 5.74) is 1.68. The smallest absolute Gasteiger partial charge is 0.200 e. The molecule has 0 aliphatic rings. The minimum Gasteiger partial charge on any atom is -0.414 e. The second kappa shape index (κ2) is 11.3. The van der Waals surface area contributed by atoms with E-state index in [0.29, 0.717) is 16.6 Å². The van der Waals surface area contributed by atoms with Crippen LogP contribution in [0.5, 0.6) is 0 Å². The third-order valence-corrected chi connectivity index (χ3v) is 13.1. The van der Waals surface area contributed by atoms with Gasteiger partial charge in [0.15, 0.2) is 8.32 Å². The summed E-state index contributed by atoms with van der Waals surface area (Å²) in [6.07, 6.45) is 3.26. The zero-order chi connectivity index (χ0) is 21.6. The summed E-state index contributed by atoms with van der Waals surface area (Å²) in [6.45, 7) is 27.1. The number of hydrogen-bond donors (Lipinski definition) is 0. The van der Waals surface area contributed by atoms with Crippen molar-refractivity contribution in [2.45, 2.75) is 124 Å². The van der Waals surface area contributed by atoms with Crippen LogP contribution in [0.2, 0.25) is 36.3 Å². The lowest BCUT2D eigenvalue weighted by molar-refractivity contribution is -0.115. The summed E-state index contributed by atoms with van der Waals surface area (Å²) in [5, 5.41) is 0. The van der Waals surface area contributed by atoms with Crippen LogP contribution >= 0.6 is 0 Å². The lowest BCUT2D eigenvalue weighted by Crippen LogP contribution is -2.53. The van der Waals surface area contributed by atoms with Crippen LogP contribution < -0.4 is 0 Å². The van der Waals surface area contributed by atoms with Crippen LogP contribution in [-0.2, 0) is 13.6 Å². The molecule has 0 bridgehead atoms. The van der Waals surface area contributed by atoms with Crippen molar-refractivity contribution in [2.75, 3.05) is 0 Å². The Morgan fingerprint density at radius 1 is 0.815 bits per heavy atom. The van der Waals surface area contributed by atoms with Gasteiger partial charge in [0.2, 0.25) is 8.32 Å². The first kappa shape index (κ1) is 27.0. The standard InChI is InChI=1S/C22H48O3Si2/c1-13-14-21(24-27(16(2)3,17(4)5)18(6)7)20(9)22(19(8)15-23)25-26(10,11)12/h15-22H,13-14H2,1-12H3/t19-,20+,21-,22-/m1/s1. The second-order valence-electron chi connectivity index (χ2n) is 10.3. The molecule has 0 fully saturated rings. The van der Waals surface area contributed by atoms with Crippen LogP contribution in [0.15, 0.2) is 0 Å². The lowest BCUT2D eigenvalue weighted by Gasteiger charge is -2.47. The number of rotatable bonds is 13. The quantitative estimate of drug-likeness (QED) is 0.238. The maximum atomic E-state index is 11.6. The van der Waals surface area contributed by atoms with E-state index in [2.05, 4.69) is 75.0 Å². The first-order valence-corrected chi connectivity index (χ1v) is 16.6. The van der Waals surface area contributed by atoms with E-state index in [1.807, 2.05) is 6.92 Å². The normalized spacial score (nSPS) is 18.0. The van der Waals surface area contributed by atoms with Gasteiger partial charge in [0, 0.05) is 11.8 Å².